The van der Waals surface area contributed by atoms with Crippen molar-refractivity contribution in [1.29, 1.82) is 0 Å². The maximum absolute atomic E-state index is 13.1. The zero-order chi connectivity index (χ0) is 25.6. The molecule has 0 spiro atoms. The lowest BCUT2D eigenvalue weighted by Gasteiger charge is -2.23. The third-order valence-electron chi connectivity index (χ3n) is 5.29. The summed E-state index contributed by atoms with van der Waals surface area (Å²) in [6.45, 7) is 8.02. The Balaban J connectivity index is 1.86. The van der Waals surface area contributed by atoms with Gasteiger partial charge in [0.25, 0.3) is 5.91 Å². The van der Waals surface area contributed by atoms with E-state index in [0.717, 1.165) is 0 Å². The summed E-state index contributed by atoms with van der Waals surface area (Å²) in [4.78, 5) is 30.2. The van der Waals surface area contributed by atoms with Crippen molar-refractivity contribution in [2.24, 2.45) is 0 Å². The van der Waals surface area contributed by atoms with Crippen LogP contribution in [0.5, 0.6) is 5.75 Å². The molecule has 0 aliphatic carbocycles. The molecule has 184 valence electrons. The van der Waals surface area contributed by atoms with E-state index in [4.69, 9.17) is 21.1 Å². The monoisotopic (exact) mass is 495 g/mol. The van der Waals surface area contributed by atoms with Crippen LogP contribution < -0.4 is 15.0 Å². The van der Waals surface area contributed by atoms with Gasteiger partial charge in [0.1, 0.15) is 19.0 Å². The second-order valence-corrected chi connectivity index (χ2v) is 9.43. The fourth-order valence-electron chi connectivity index (χ4n) is 3.37. The molecule has 0 aliphatic rings. The molecule has 3 aromatic rings. The first-order valence-electron chi connectivity index (χ1n) is 11.2. The Morgan fingerprint density at radius 2 is 1.77 bits per heavy atom. The number of nitrogens with zero attached hydrogens (tertiary/aromatic N) is 2. The fraction of sp³-hybridized carbons (Fsp3) is 0.296. The molecule has 35 heavy (non-hydrogen) atoms. The Morgan fingerprint density at radius 3 is 2.40 bits per heavy atom. The minimum atomic E-state index is -0.381. The highest BCUT2D eigenvalue weighted by atomic mass is 35.5. The summed E-state index contributed by atoms with van der Waals surface area (Å²) in [7, 11) is 1.79. The van der Waals surface area contributed by atoms with Gasteiger partial charge in [0.2, 0.25) is 0 Å². The predicted molar refractivity (Wildman–Crippen MR) is 139 cm³/mol. The summed E-state index contributed by atoms with van der Waals surface area (Å²) in [5, 5.41) is 3.39. The largest absolute Gasteiger partial charge is 0.488 e. The SMILES string of the molecule is CC(=O)OCCOc1ccc(C(=O)Nc2ccc(C(C)(C)C)cc2)cc1N(C)c1ncccc1Cl. The van der Waals surface area contributed by atoms with Crippen molar-refractivity contribution >= 4 is 40.7 Å². The van der Waals surface area contributed by atoms with Gasteiger partial charge in [0, 0.05) is 31.4 Å². The Hall–Kier alpha value is -3.58. The Bertz CT molecular complexity index is 1190. The van der Waals surface area contributed by atoms with Crippen LogP contribution in [0.4, 0.5) is 17.2 Å². The van der Waals surface area contributed by atoms with Gasteiger partial charge in [-0.25, -0.2) is 4.98 Å². The van der Waals surface area contributed by atoms with Crippen LogP contribution in [-0.2, 0) is 14.9 Å². The molecule has 0 bridgehead atoms. The molecule has 1 N–H and O–H groups in total. The summed E-state index contributed by atoms with van der Waals surface area (Å²) in [6, 6.07) is 16.4. The third kappa shape index (κ3) is 6.96. The first kappa shape index (κ1) is 26.0. The van der Waals surface area contributed by atoms with Crippen molar-refractivity contribution in [3.05, 3.63) is 76.9 Å². The van der Waals surface area contributed by atoms with E-state index in [9.17, 15) is 9.59 Å². The molecular weight excluding hydrogens is 466 g/mol. The minimum Gasteiger partial charge on any atom is -0.488 e. The van der Waals surface area contributed by atoms with Gasteiger partial charge in [-0.15, -0.1) is 0 Å². The van der Waals surface area contributed by atoms with Crippen LogP contribution in [0.1, 0.15) is 43.6 Å². The first-order chi connectivity index (χ1) is 16.6. The number of nitrogens with one attached hydrogen (secondary N) is 1. The highest BCUT2D eigenvalue weighted by Gasteiger charge is 2.18. The van der Waals surface area contributed by atoms with Crippen molar-refractivity contribution < 1.29 is 19.1 Å². The van der Waals surface area contributed by atoms with Crippen LogP contribution in [0, 0.1) is 0 Å². The van der Waals surface area contributed by atoms with Crippen molar-refractivity contribution in [1.82, 2.24) is 4.98 Å². The van der Waals surface area contributed by atoms with Gasteiger partial charge < -0.3 is 19.7 Å². The molecule has 1 aromatic heterocycles. The van der Waals surface area contributed by atoms with E-state index in [0.29, 0.717) is 33.5 Å². The number of ether oxygens (including phenoxy) is 2. The maximum Gasteiger partial charge on any atom is 0.302 e. The molecule has 0 radical (unpaired) electrons. The lowest BCUT2D eigenvalue weighted by atomic mass is 9.87. The molecule has 0 saturated carbocycles. The number of esters is 1. The van der Waals surface area contributed by atoms with E-state index in [1.807, 2.05) is 24.3 Å². The van der Waals surface area contributed by atoms with Crippen LogP contribution in [0.15, 0.2) is 60.8 Å². The number of pyridine rings is 1. The molecule has 0 unspecified atom stereocenters. The first-order valence-corrected chi connectivity index (χ1v) is 11.6. The second kappa shape index (κ2) is 11.2. The van der Waals surface area contributed by atoms with Crippen molar-refractivity contribution in [3.63, 3.8) is 0 Å². The Kier molecular flexibility index (Phi) is 8.35. The Labute approximate surface area is 211 Å². The predicted octanol–water partition coefficient (Wildman–Crippen LogP) is 5.99. The summed E-state index contributed by atoms with van der Waals surface area (Å²) >= 11 is 6.36. The molecule has 2 aromatic carbocycles. The number of hydrogen-bond acceptors (Lipinski definition) is 6. The van der Waals surface area contributed by atoms with Crippen LogP contribution in [0.2, 0.25) is 5.02 Å². The normalized spacial score (nSPS) is 11.0. The zero-order valence-corrected chi connectivity index (χ0v) is 21.3. The van der Waals surface area contributed by atoms with E-state index in [1.165, 1.54) is 12.5 Å². The highest BCUT2D eigenvalue weighted by molar-refractivity contribution is 6.33. The van der Waals surface area contributed by atoms with Gasteiger partial charge in [-0.3, -0.25) is 9.59 Å². The number of aromatic nitrogens is 1. The van der Waals surface area contributed by atoms with Gasteiger partial charge in [-0.1, -0.05) is 44.5 Å². The van der Waals surface area contributed by atoms with Crippen LogP contribution in [0.3, 0.4) is 0 Å². The highest BCUT2D eigenvalue weighted by Crippen LogP contribution is 2.36. The van der Waals surface area contributed by atoms with E-state index in [1.54, 1.807) is 48.5 Å². The quantitative estimate of drug-likeness (QED) is 0.305. The summed E-state index contributed by atoms with van der Waals surface area (Å²) in [6.07, 6.45) is 1.64. The molecule has 1 heterocycles. The molecule has 3 rings (SSSR count). The maximum atomic E-state index is 13.1. The number of carbonyl (C=O) groups excluding carboxylic acids is 2. The molecule has 0 fully saturated rings. The topological polar surface area (TPSA) is 80.8 Å². The standard InChI is InChI=1S/C27H30ClN3O4/c1-18(32)34-15-16-35-24-13-8-19(17-23(24)31(5)25-22(28)7-6-14-29-25)26(33)30-21-11-9-20(10-12-21)27(2,3)4/h6-14,17H,15-16H2,1-5H3,(H,30,33). The lowest BCUT2D eigenvalue weighted by Crippen LogP contribution is -2.17. The molecule has 1 amide bonds. The number of carbonyl (C=O) groups is 2. The molecular formula is C27H30ClN3O4. The molecule has 0 saturated heterocycles. The van der Waals surface area contributed by atoms with Gasteiger partial charge >= 0.3 is 5.97 Å². The van der Waals surface area contributed by atoms with E-state index in [2.05, 4.69) is 31.1 Å². The molecule has 0 atom stereocenters. The average molecular weight is 496 g/mol. The number of rotatable bonds is 8. The fourth-order valence-corrected chi connectivity index (χ4v) is 3.62. The lowest BCUT2D eigenvalue weighted by molar-refractivity contribution is -0.141. The van der Waals surface area contributed by atoms with E-state index < -0.39 is 0 Å². The number of benzene rings is 2. The number of halogens is 1. The van der Waals surface area contributed by atoms with Gasteiger partial charge in [-0.05, 0) is 53.4 Å². The summed E-state index contributed by atoms with van der Waals surface area (Å²) < 4.78 is 10.8. The van der Waals surface area contributed by atoms with E-state index in [-0.39, 0.29) is 30.5 Å². The van der Waals surface area contributed by atoms with Gasteiger partial charge in [0.15, 0.2) is 5.82 Å². The average Bonchev–Trinajstić information content (AvgIpc) is 2.81. The van der Waals surface area contributed by atoms with Crippen molar-refractivity contribution in [2.45, 2.75) is 33.1 Å². The van der Waals surface area contributed by atoms with Crippen molar-refractivity contribution in [2.75, 3.05) is 30.5 Å². The van der Waals surface area contributed by atoms with Gasteiger partial charge in [-0.2, -0.15) is 0 Å². The smallest absolute Gasteiger partial charge is 0.302 e. The van der Waals surface area contributed by atoms with E-state index >= 15 is 0 Å². The second-order valence-electron chi connectivity index (χ2n) is 9.02. The third-order valence-corrected chi connectivity index (χ3v) is 5.59. The number of hydrogen-bond donors (Lipinski definition) is 1. The van der Waals surface area contributed by atoms with Crippen LogP contribution in [0.25, 0.3) is 0 Å². The van der Waals surface area contributed by atoms with Crippen LogP contribution in [-0.4, -0.2) is 37.1 Å². The Morgan fingerprint density at radius 1 is 1.06 bits per heavy atom. The van der Waals surface area contributed by atoms with Gasteiger partial charge in [0.05, 0.1) is 10.7 Å². The molecule has 8 heteroatoms. The number of anilines is 3. The summed E-state index contributed by atoms with van der Waals surface area (Å²) in [5.74, 6) is 0.359. The molecule has 0 aliphatic heterocycles. The zero-order valence-electron chi connectivity index (χ0n) is 20.6. The number of amides is 1. The minimum absolute atomic E-state index is 0.0278. The molecule has 7 nitrogen and oxygen atoms in total. The summed E-state index contributed by atoms with van der Waals surface area (Å²) in [5.41, 5.74) is 2.93. The van der Waals surface area contributed by atoms with Crippen LogP contribution >= 0.6 is 11.6 Å². The van der Waals surface area contributed by atoms with Crippen molar-refractivity contribution in [3.8, 4) is 5.75 Å².